The average molecular weight is 719 g/mol. The Morgan fingerprint density at radius 3 is 1.20 bits per heavy atom. The molecular weight excluding hydrogens is 633 g/mol. The number of carbonyl (C=O) groups is 2. The molecule has 0 spiro atoms. The minimum atomic E-state index is -0.769. The Labute approximate surface area is 317 Å². The molecule has 0 aromatic heterocycles. The molecule has 0 amide bonds. The molecule has 0 aromatic carbocycles. The summed E-state index contributed by atoms with van der Waals surface area (Å²) in [5.41, 5.74) is 0. The second kappa shape index (κ2) is 42.8. The summed E-state index contributed by atoms with van der Waals surface area (Å²) in [6.45, 7) is 4.14. The molecule has 0 fully saturated rings. The van der Waals surface area contributed by atoms with Crippen LogP contribution in [0.3, 0.4) is 0 Å². The van der Waals surface area contributed by atoms with Gasteiger partial charge in [0.15, 0.2) is 6.10 Å². The number of unbranched alkanes of at least 4 members (excludes halogenated alkanes) is 29. The number of esters is 2. The predicted molar refractivity (Wildman–Crippen MR) is 219 cm³/mol. The van der Waals surface area contributed by atoms with E-state index in [0.717, 1.165) is 38.5 Å². The van der Waals surface area contributed by atoms with Crippen LogP contribution in [0, 0.1) is 0 Å². The fourth-order valence-electron chi connectivity index (χ4n) is 6.59. The van der Waals surface area contributed by atoms with Crippen LogP contribution in [0.2, 0.25) is 0 Å². The van der Waals surface area contributed by atoms with Gasteiger partial charge in [-0.05, 0) is 44.9 Å². The molecule has 0 radical (unpaired) electrons. The number of carbonyl (C=O) groups excluding carboxylic acids is 2. The van der Waals surface area contributed by atoms with Gasteiger partial charge in [0, 0.05) is 12.8 Å². The zero-order valence-corrected chi connectivity index (χ0v) is 34.1. The molecule has 0 aromatic rings. The number of allylic oxidation sites excluding steroid dienone is 4. The molecule has 0 aliphatic heterocycles. The molecular formula is C46H86O5. The normalized spacial score (nSPS) is 12.3. The molecule has 51 heavy (non-hydrogen) atoms. The highest BCUT2D eigenvalue weighted by molar-refractivity contribution is 5.70. The summed E-state index contributed by atoms with van der Waals surface area (Å²) >= 11 is 0. The lowest BCUT2D eigenvalue weighted by molar-refractivity contribution is -0.161. The molecule has 0 saturated carbocycles. The monoisotopic (exact) mass is 719 g/mol. The van der Waals surface area contributed by atoms with Gasteiger partial charge in [-0.2, -0.15) is 0 Å². The molecule has 0 saturated heterocycles. The van der Waals surface area contributed by atoms with E-state index in [4.69, 9.17) is 9.47 Å². The van der Waals surface area contributed by atoms with Crippen molar-refractivity contribution in [3.63, 3.8) is 0 Å². The second-order valence-corrected chi connectivity index (χ2v) is 15.1. The van der Waals surface area contributed by atoms with Gasteiger partial charge < -0.3 is 14.6 Å². The number of rotatable bonds is 41. The van der Waals surface area contributed by atoms with Gasteiger partial charge in [-0.1, -0.05) is 205 Å². The number of hydrogen-bond acceptors (Lipinski definition) is 5. The first-order valence-electron chi connectivity index (χ1n) is 22.4. The molecule has 0 heterocycles. The van der Waals surface area contributed by atoms with E-state index in [-0.39, 0.29) is 25.2 Å². The van der Waals surface area contributed by atoms with E-state index in [2.05, 4.69) is 38.2 Å². The van der Waals surface area contributed by atoms with E-state index in [1.54, 1.807) is 0 Å². The van der Waals surface area contributed by atoms with Crippen LogP contribution in [0.5, 0.6) is 0 Å². The summed E-state index contributed by atoms with van der Waals surface area (Å²) in [5, 5.41) is 9.59. The number of hydrogen-bond donors (Lipinski definition) is 1. The van der Waals surface area contributed by atoms with Crippen molar-refractivity contribution in [2.75, 3.05) is 13.2 Å². The van der Waals surface area contributed by atoms with E-state index >= 15 is 0 Å². The Bertz CT molecular complexity index is 776. The van der Waals surface area contributed by atoms with Gasteiger partial charge in [-0.25, -0.2) is 0 Å². The van der Waals surface area contributed by atoms with Crippen molar-refractivity contribution in [1.82, 2.24) is 0 Å². The molecule has 300 valence electrons. The van der Waals surface area contributed by atoms with E-state index in [9.17, 15) is 14.7 Å². The van der Waals surface area contributed by atoms with Crippen molar-refractivity contribution in [2.45, 2.75) is 245 Å². The molecule has 5 nitrogen and oxygen atoms in total. The topological polar surface area (TPSA) is 72.8 Å². The van der Waals surface area contributed by atoms with Gasteiger partial charge in [0.1, 0.15) is 6.61 Å². The molecule has 0 rings (SSSR count). The first-order chi connectivity index (χ1) is 25.1. The summed E-state index contributed by atoms with van der Waals surface area (Å²) in [7, 11) is 0. The van der Waals surface area contributed by atoms with Gasteiger partial charge in [0.2, 0.25) is 0 Å². The van der Waals surface area contributed by atoms with E-state index in [0.29, 0.717) is 12.8 Å². The van der Waals surface area contributed by atoms with Crippen LogP contribution in [0.4, 0.5) is 0 Å². The number of aliphatic hydroxyl groups is 1. The first-order valence-corrected chi connectivity index (χ1v) is 22.4. The van der Waals surface area contributed by atoms with Crippen LogP contribution >= 0.6 is 0 Å². The Morgan fingerprint density at radius 2 is 0.784 bits per heavy atom. The van der Waals surface area contributed by atoms with Crippen LogP contribution in [-0.2, 0) is 19.1 Å². The lowest BCUT2D eigenvalue weighted by Gasteiger charge is -2.15. The first kappa shape index (κ1) is 49.4. The summed E-state index contributed by atoms with van der Waals surface area (Å²) in [4.78, 5) is 24.3. The lowest BCUT2D eigenvalue weighted by Crippen LogP contribution is -2.28. The molecule has 1 atom stereocenters. The van der Waals surface area contributed by atoms with Gasteiger partial charge in [0.05, 0.1) is 6.61 Å². The maximum Gasteiger partial charge on any atom is 0.306 e. The van der Waals surface area contributed by atoms with E-state index in [1.165, 1.54) is 173 Å². The third-order valence-electron chi connectivity index (χ3n) is 10.00. The minimum absolute atomic E-state index is 0.0626. The summed E-state index contributed by atoms with van der Waals surface area (Å²) in [5.74, 6) is -0.583. The third kappa shape index (κ3) is 41.0. The molecule has 0 aliphatic rings. The van der Waals surface area contributed by atoms with Gasteiger partial charge in [-0.15, -0.1) is 0 Å². The van der Waals surface area contributed by atoms with Crippen molar-refractivity contribution in [3.8, 4) is 0 Å². The van der Waals surface area contributed by atoms with E-state index in [1.807, 2.05) is 0 Å². The fraction of sp³-hybridized carbons (Fsp3) is 0.870. The Balaban J connectivity index is 3.50. The standard InChI is InChI=1S/C46H86O5/c1-3-5-7-9-11-13-15-17-19-21-23-25-27-29-31-33-35-37-39-41-46(49)51-44(42-47)43-50-45(48)40-38-36-34-32-30-28-26-24-22-20-18-16-14-12-10-8-6-4-2/h11,13,17,19,44,47H,3-10,12,14-16,18,20-43H2,1-2H3/b13-11+,19-17+/t44-/m0/s1. The largest absolute Gasteiger partial charge is 0.462 e. The van der Waals surface area contributed by atoms with Crippen LogP contribution in [0.1, 0.15) is 239 Å². The van der Waals surface area contributed by atoms with Gasteiger partial charge in [-0.3, -0.25) is 9.59 Å². The Hall–Kier alpha value is -1.62. The van der Waals surface area contributed by atoms with Crippen LogP contribution in [0.25, 0.3) is 0 Å². The summed E-state index contributed by atoms with van der Waals surface area (Å²) in [6, 6.07) is 0. The SMILES string of the molecule is CCCCC/C=C/C/C=C/CCCCCCCCCCCC(=O)O[C@@H](CO)COC(=O)CCCCCCCCCCCCCCCCCCCC. The van der Waals surface area contributed by atoms with Crippen LogP contribution < -0.4 is 0 Å². The molecule has 1 N–H and O–H groups in total. The van der Waals surface area contributed by atoms with Crippen molar-refractivity contribution in [1.29, 1.82) is 0 Å². The highest BCUT2D eigenvalue weighted by Gasteiger charge is 2.16. The Morgan fingerprint density at radius 1 is 0.451 bits per heavy atom. The third-order valence-corrected chi connectivity index (χ3v) is 10.00. The zero-order valence-electron chi connectivity index (χ0n) is 34.1. The van der Waals surface area contributed by atoms with Gasteiger partial charge >= 0.3 is 11.9 Å². The van der Waals surface area contributed by atoms with Gasteiger partial charge in [0.25, 0.3) is 0 Å². The Kier molecular flexibility index (Phi) is 41.4. The highest BCUT2D eigenvalue weighted by Crippen LogP contribution is 2.16. The van der Waals surface area contributed by atoms with E-state index < -0.39 is 6.10 Å². The van der Waals surface area contributed by atoms with Crippen LogP contribution in [0.15, 0.2) is 24.3 Å². The molecule has 0 unspecified atom stereocenters. The number of aliphatic hydroxyl groups excluding tert-OH is 1. The predicted octanol–water partition coefficient (Wildman–Crippen LogP) is 14.2. The van der Waals surface area contributed by atoms with Crippen molar-refractivity contribution in [2.24, 2.45) is 0 Å². The average Bonchev–Trinajstić information content (AvgIpc) is 3.13. The smallest absolute Gasteiger partial charge is 0.306 e. The van der Waals surface area contributed by atoms with Crippen molar-refractivity contribution in [3.05, 3.63) is 24.3 Å². The quantitative estimate of drug-likeness (QED) is 0.0387. The molecule has 5 heteroatoms. The molecule has 0 bridgehead atoms. The highest BCUT2D eigenvalue weighted by atomic mass is 16.6. The van der Waals surface area contributed by atoms with Crippen molar-refractivity contribution >= 4 is 11.9 Å². The fourth-order valence-corrected chi connectivity index (χ4v) is 6.59. The minimum Gasteiger partial charge on any atom is -0.462 e. The maximum atomic E-state index is 12.2. The van der Waals surface area contributed by atoms with Crippen molar-refractivity contribution < 1.29 is 24.2 Å². The molecule has 0 aliphatic carbocycles. The lowest BCUT2D eigenvalue weighted by atomic mass is 10.0. The second-order valence-electron chi connectivity index (χ2n) is 15.1. The maximum absolute atomic E-state index is 12.2. The van der Waals surface area contributed by atoms with Crippen LogP contribution in [-0.4, -0.2) is 36.4 Å². The summed E-state index contributed by atoms with van der Waals surface area (Å²) < 4.78 is 10.6. The zero-order chi connectivity index (χ0) is 37.1. The summed E-state index contributed by atoms with van der Waals surface area (Å²) in [6.07, 6.45) is 51.0. The number of ether oxygens (including phenoxy) is 2.